The van der Waals surface area contributed by atoms with E-state index in [0.29, 0.717) is 0 Å². The number of esters is 1. The van der Waals surface area contributed by atoms with Crippen molar-refractivity contribution < 1.29 is 13.9 Å². The van der Waals surface area contributed by atoms with Crippen LogP contribution in [0.15, 0.2) is 30.9 Å². The normalized spacial score (nSPS) is 30.4. The zero-order chi connectivity index (χ0) is 25.3. The number of hydrogen-bond acceptors (Lipinski definition) is 2. The Hall–Kier alpha value is -1.64. The third-order valence-electron chi connectivity index (χ3n) is 9.84. The van der Waals surface area contributed by atoms with Crippen molar-refractivity contribution in [1.29, 1.82) is 0 Å². The maximum atomic E-state index is 14.5. The molecule has 1 aromatic carbocycles. The van der Waals surface area contributed by atoms with Gasteiger partial charge in [-0.05, 0) is 118 Å². The van der Waals surface area contributed by atoms with Crippen LogP contribution in [0.3, 0.4) is 0 Å². The molecule has 0 aliphatic heterocycles. The number of allylic oxidation sites excluding steroid dienone is 1. The second kappa shape index (κ2) is 13.8. The molecule has 0 heterocycles. The average Bonchev–Trinajstić information content (AvgIpc) is 2.91. The number of benzene rings is 1. The highest BCUT2D eigenvalue weighted by Crippen LogP contribution is 2.49. The summed E-state index contributed by atoms with van der Waals surface area (Å²) in [5, 5.41) is 0. The van der Waals surface area contributed by atoms with Gasteiger partial charge in [0.2, 0.25) is 0 Å². The first-order chi connectivity index (χ1) is 17.6. The second-order valence-corrected chi connectivity index (χ2v) is 12.2. The second-order valence-electron chi connectivity index (χ2n) is 12.2. The average molecular weight is 497 g/mol. The van der Waals surface area contributed by atoms with Crippen molar-refractivity contribution in [3.63, 3.8) is 0 Å². The Balaban J connectivity index is 1.19. The molecule has 0 bridgehead atoms. The topological polar surface area (TPSA) is 26.3 Å². The van der Waals surface area contributed by atoms with E-state index in [-0.39, 0.29) is 17.6 Å². The van der Waals surface area contributed by atoms with E-state index in [9.17, 15) is 9.18 Å². The molecule has 0 aromatic heterocycles. The lowest BCUT2D eigenvalue weighted by Gasteiger charge is -2.45. The minimum atomic E-state index is -0.439. The highest BCUT2D eigenvalue weighted by atomic mass is 19.1. The molecule has 3 saturated carbocycles. The van der Waals surface area contributed by atoms with Gasteiger partial charge in [0.25, 0.3) is 0 Å². The highest BCUT2D eigenvalue weighted by Gasteiger charge is 2.39. The first-order valence-corrected chi connectivity index (χ1v) is 15.2. The molecule has 0 radical (unpaired) electrons. The van der Waals surface area contributed by atoms with E-state index in [4.69, 9.17) is 4.74 Å². The zero-order valence-electron chi connectivity index (χ0n) is 22.7. The molecule has 36 heavy (non-hydrogen) atoms. The summed E-state index contributed by atoms with van der Waals surface area (Å²) in [5.41, 5.74) is 0.905. The van der Waals surface area contributed by atoms with Gasteiger partial charge < -0.3 is 4.74 Å². The monoisotopic (exact) mass is 496 g/mol. The summed E-state index contributed by atoms with van der Waals surface area (Å²) < 4.78 is 20.0. The number of fused-ring (bicyclic) bond motifs is 1. The van der Waals surface area contributed by atoms with Gasteiger partial charge in [-0.1, -0.05) is 57.6 Å². The molecule has 4 rings (SSSR count). The van der Waals surface area contributed by atoms with E-state index in [1.807, 2.05) is 12.1 Å². The van der Waals surface area contributed by atoms with E-state index in [1.54, 1.807) is 6.07 Å². The Morgan fingerprint density at radius 3 is 2.36 bits per heavy atom. The van der Waals surface area contributed by atoms with Crippen LogP contribution in [0.5, 0.6) is 5.75 Å². The maximum Gasteiger partial charge on any atom is 0.314 e. The van der Waals surface area contributed by atoms with E-state index < -0.39 is 5.82 Å². The lowest BCUT2D eigenvalue weighted by molar-refractivity contribution is -0.140. The van der Waals surface area contributed by atoms with Crippen LogP contribution in [0.25, 0.3) is 0 Å². The molecule has 0 amide bonds. The van der Waals surface area contributed by atoms with Crippen LogP contribution in [0.2, 0.25) is 0 Å². The molecule has 0 spiro atoms. The van der Waals surface area contributed by atoms with Crippen molar-refractivity contribution in [2.75, 3.05) is 0 Å². The van der Waals surface area contributed by atoms with Gasteiger partial charge in [0, 0.05) is 0 Å². The summed E-state index contributed by atoms with van der Waals surface area (Å²) in [6, 6.07) is 4.94. The number of hydrogen-bond donors (Lipinski definition) is 0. The predicted molar refractivity (Wildman–Crippen MR) is 146 cm³/mol. The number of unbranched alkanes of at least 4 members (excludes halogenated alkanes) is 3. The van der Waals surface area contributed by atoms with Gasteiger partial charge in [0.05, 0.1) is 5.92 Å². The Bertz CT molecular complexity index is 840. The van der Waals surface area contributed by atoms with Crippen LogP contribution >= 0.6 is 0 Å². The minimum absolute atomic E-state index is 0.0729. The lowest BCUT2D eigenvalue weighted by Crippen LogP contribution is -2.35. The van der Waals surface area contributed by atoms with E-state index in [1.165, 1.54) is 76.7 Å². The molecule has 2 nitrogen and oxygen atoms in total. The quantitative estimate of drug-likeness (QED) is 0.132. The minimum Gasteiger partial charge on any atom is -0.423 e. The van der Waals surface area contributed by atoms with Gasteiger partial charge in [-0.3, -0.25) is 4.79 Å². The number of carbonyl (C=O) groups is 1. The smallest absolute Gasteiger partial charge is 0.314 e. The molecule has 3 aliphatic carbocycles. The number of carbonyl (C=O) groups excluding carboxylic acids is 1. The standard InChI is InChI=1S/C33H49FO2/c1-3-5-7-8-10-24-11-13-30-23-29(19-18-28(30)21-24)26-14-16-27(17-15-26)33(35)36-32-20-12-25(9-6-4-2)22-31(32)34/h4,12,20,22,24,26-30H,2-3,5-11,13-19,21,23H2,1H3. The molecule has 3 fully saturated rings. The number of rotatable bonds is 11. The van der Waals surface area contributed by atoms with Gasteiger partial charge in [-0.2, -0.15) is 0 Å². The van der Waals surface area contributed by atoms with Crippen molar-refractivity contribution in [3.05, 3.63) is 42.2 Å². The van der Waals surface area contributed by atoms with Gasteiger partial charge >= 0.3 is 5.97 Å². The van der Waals surface area contributed by atoms with E-state index in [0.717, 1.165) is 73.7 Å². The Labute approximate surface area is 219 Å². The lowest BCUT2D eigenvalue weighted by atomic mass is 9.60. The zero-order valence-corrected chi connectivity index (χ0v) is 22.7. The van der Waals surface area contributed by atoms with E-state index >= 15 is 0 Å². The summed E-state index contributed by atoms with van der Waals surface area (Å²) in [6.45, 7) is 6.01. The fourth-order valence-electron chi connectivity index (χ4n) is 7.64. The number of halogens is 1. The van der Waals surface area contributed by atoms with Gasteiger partial charge in [0.1, 0.15) is 0 Å². The van der Waals surface area contributed by atoms with Crippen LogP contribution in [-0.2, 0) is 11.2 Å². The molecule has 1 aromatic rings. The number of aryl methyl sites for hydroxylation is 1. The highest BCUT2D eigenvalue weighted by molar-refractivity contribution is 5.75. The maximum absolute atomic E-state index is 14.5. The van der Waals surface area contributed by atoms with Crippen LogP contribution in [0.4, 0.5) is 4.39 Å². The Morgan fingerprint density at radius 1 is 0.944 bits per heavy atom. The van der Waals surface area contributed by atoms with Crippen molar-refractivity contribution in [1.82, 2.24) is 0 Å². The molecule has 4 atom stereocenters. The molecule has 0 N–H and O–H groups in total. The van der Waals surface area contributed by atoms with Crippen molar-refractivity contribution >= 4 is 5.97 Å². The summed E-state index contributed by atoms with van der Waals surface area (Å²) in [7, 11) is 0. The summed E-state index contributed by atoms with van der Waals surface area (Å²) >= 11 is 0. The van der Waals surface area contributed by atoms with Crippen molar-refractivity contribution in [2.24, 2.45) is 35.5 Å². The van der Waals surface area contributed by atoms with Crippen LogP contribution in [-0.4, -0.2) is 5.97 Å². The number of ether oxygens (including phenoxy) is 1. The molecule has 3 heteroatoms. The van der Waals surface area contributed by atoms with Crippen LogP contribution < -0.4 is 4.74 Å². The Kier molecular flexibility index (Phi) is 10.5. The van der Waals surface area contributed by atoms with Gasteiger partial charge in [-0.25, -0.2) is 4.39 Å². The first kappa shape index (κ1) is 27.4. The SMILES string of the molecule is C=CCCc1ccc(OC(=O)C2CCC(C3CCC4CC(CCCCCC)CCC4C3)CC2)c(F)c1. The first-order valence-electron chi connectivity index (χ1n) is 15.2. The molecule has 0 saturated heterocycles. The summed E-state index contributed by atoms with van der Waals surface area (Å²) in [5.74, 6) is 3.86. The van der Waals surface area contributed by atoms with Gasteiger partial charge in [0.15, 0.2) is 11.6 Å². The fourth-order valence-corrected chi connectivity index (χ4v) is 7.64. The molecule has 4 unspecified atom stereocenters. The third-order valence-corrected chi connectivity index (χ3v) is 9.84. The largest absolute Gasteiger partial charge is 0.423 e. The van der Waals surface area contributed by atoms with Crippen LogP contribution in [0.1, 0.15) is 115 Å². The summed E-state index contributed by atoms with van der Waals surface area (Å²) in [4.78, 5) is 12.8. The molecule has 3 aliphatic rings. The van der Waals surface area contributed by atoms with Gasteiger partial charge in [-0.15, -0.1) is 6.58 Å². The molecular formula is C33H49FO2. The summed E-state index contributed by atoms with van der Waals surface area (Å²) in [6.07, 6.45) is 23.2. The third kappa shape index (κ3) is 7.45. The molecule has 200 valence electrons. The van der Waals surface area contributed by atoms with E-state index in [2.05, 4.69) is 13.5 Å². The van der Waals surface area contributed by atoms with Crippen LogP contribution in [0, 0.1) is 41.3 Å². The van der Waals surface area contributed by atoms with Crippen molar-refractivity contribution in [3.8, 4) is 5.75 Å². The Morgan fingerprint density at radius 2 is 1.64 bits per heavy atom. The fraction of sp³-hybridized carbons (Fsp3) is 0.727. The predicted octanol–water partition coefficient (Wildman–Crippen LogP) is 9.46. The van der Waals surface area contributed by atoms with Crippen molar-refractivity contribution in [2.45, 2.75) is 116 Å². The molecular weight excluding hydrogens is 447 g/mol.